The number of benzene rings is 2. The molecule has 0 radical (unpaired) electrons. The second-order valence-corrected chi connectivity index (χ2v) is 20.0. The molecule has 4 aliphatic heterocycles. The number of carbonyl (C=O) groups is 9. The Morgan fingerprint density at radius 3 is 2.29 bits per heavy atom. The van der Waals surface area contributed by atoms with Gasteiger partial charge in [0, 0.05) is 101 Å². The number of nitrogens with one attached hydrogen (secondary N) is 4. The molecule has 4 heterocycles. The smallest absolute Gasteiger partial charge is 0.253 e. The molecule has 0 aromatic heterocycles. The van der Waals surface area contributed by atoms with Crippen molar-refractivity contribution >= 4 is 52.9 Å². The Bertz CT molecular complexity index is 2750. The van der Waals surface area contributed by atoms with Crippen LogP contribution in [0.15, 0.2) is 30.4 Å². The number of hydrogen-bond donors (Lipinski definition) is 7. The van der Waals surface area contributed by atoms with Gasteiger partial charge in [-0.05, 0) is 25.8 Å². The van der Waals surface area contributed by atoms with Crippen LogP contribution >= 0.6 is 0 Å². The molecule has 2 aliphatic carbocycles. The SMILES string of the molecule is COc1cccc2c1C(=O)c1c(O)c3c(c(O)c1C2=O)C[C@@](O)(C(=O)NCCN(C)C(=O)[C@@](C)(NC(=O)CNC(=O)CNC(=O)CCN1C(=O)C=CC1=O)C(C)C)C[C@@H]3O[C@H]1C[C@H]2[C@H](O[C@@H]3[C@@H](OC)OCCN32)[C@H](C)O1. The van der Waals surface area contributed by atoms with Gasteiger partial charge in [0.05, 0.1) is 55.7 Å². The molecule has 2 aromatic carbocycles. The fourth-order valence-corrected chi connectivity index (χ4v) is 10.7. The zero-order chi connectivity index (χ0) is 55.1. The highest BCUT2D eigenvalue weighted by Crippen LogP contribution is 2.53. The molecule has 7 N–H and O–H groups in total. The summed E-state index contributed by atoms with van der Waals surface area (Å²) in [5.41, 5.74) is -5.55. The minimum Gasteiger partial charge on any atom is -0.507 e. The quantitative estimate of drug-likeness (QED) is 0.0581. The van der Waals surface area contributed by atoms with E-state index in [4.69, 9.17) is 28.4 Å². The molecule has 25 nitrogen and oxygen atoms in total. The van der Waals surface area contributed by atoms with Crippen LogP contribution in [-0.2, 0) is 63.7 Å². The molecular weight excluding hydrogens is 999 g/mol. The summed E-state index contributed by atoms with van der Waals surface area (Å²) in [6.45, 7) is 5.89. The number of likely N-dealkylation sites (N-methyl/N-ethyl adjacent to an activating group) is 1. The van der Waals surface area contributed by atoms with E-state index in [2.05, 4.69) is 26.2 Å². The van der Waals surface area contributed by atoms with Gasteiger partial charge in [-0.25, -0.2) is 0 Å². The predicted molar refractivity (Wildman–Crippen MR) is 260 cm³/mol. The van der Waals surface area contributed by atoms with Crippen LogP contribution in [-0.4, -0.2) is 198 Å². The first kappa shape index (κ1) is 55.4. The van der Waals surface area contributed by atoms with Gasteiger partial charge in [0.2, 0.25) is 29.4 Å². The Balaban J connectivity index is 0.946. The Kier molecular flexibility index (Phi) is 16.0. The Morgan fingerprint density at radius 1 is 0.921 bits per heavy atom. The number of carbonyl (C=O) groups excluding carboxylic acids is 9. The van der Waals surface area contributed by atoms with Crippen LogP contribution in [0.2, 0.25) is 0 Å². The molecule has 410 valence electrons. The number of aliphatic hydroxyl groups is 1. The van der Waals surface area contributed by atoms with Crippen molar-refractivity contribution in [3.63, 3.8) is 0 Å². The number of amides is 7. The summed E-state index contributed by atoms with van der Waals surface area (Å²) in [7, 11) is 4.26. The molecule has 3 fully saturated rings. The minimum absolute atomic E-state index is 0.0608. The summed E-state index contributed by atoms with van der Waals surface area (Å²) in [6.07, 6.45) is -3.76. The van der Waals surface area contributed by atoms with Crippen molar-refractivity contribution in [2.24, 2.45) is 5.92 Å². The zero-order valence-electron chi connectivity index (χ0n) is 43.1. The van der Waals surface area contributed by atoms with Crippen molar-refractivity contribution in [1.82, 2.24) is 36.0 Å². The average Bonchev–Trinajstić information content (AvgIpc) is 3.94. The number of aromatic hydroxyl groups is 2. The molecule has 3 saturated heterocycles. The molecule has 6 aliphatic rings. The topological polar surface area (TPSA) is 328 Å². The van der Waals surface area contributed by atoms with Crippen LogP contribution in [0.25, 0.3) is 0 Å². The molecule has 76 heavy (non-hydrogen) atoms. The first-order chi connectivity index (χ1) is 36.0. The number of nitrogens with zero attached hydrogens (tertiary/aromatic N) is 3. The molecule has 0 saturated carbocycles. The molecule has 0 unspecified atom stereocenters. The van der Waals surface area contributed by atoms with Crippen LogP contribution in [0.5, 0.6) is 17.2 Å². The lowest BCUT2D eigenvalue weighted by molar-refractivity contribution is -0.256. The third-order valence-electron chi connectivity index (χ3n) is 15.0. The van der Waals surface area contributed by atoms with Gasteiger partial charge in [-0.3, -0.25) is 53.0 Å². The van der Waals surface area contributed by atoms with Crippen LogP contribution in [0.4, 0.5) is 0 Å². The van der Waals surface area contributed by atoms with E-state index < -0.39 is 156 Å². The maximum Gasteiger partial charge on any atom is 0.253 e. The fourth-order valence-electron chi connectivity index (χ4n) is 10.7. The van der Waals surface area contributed by atoms with Crippen LogP contribution < -0.4 is 26.0 Å². The van der Waals surface area contributed by atoms with Gasteiger partial charge < -0.3 is 69.9 Å². The summed E-state index contributed by atoms with van der Waals surface area (Å²) >= 11 is 0. The van der Waals surface area contributed by atoms with Crippen molar-refractivity contribution in [2.45, 2.75) is 108 Å². The summed E-state index contributed by atoms with van der Waals surface area (Å²) in [4.78, 5) is 122. The summed E-state index contributed by atoms with van der Waals surface area (Å²) in [5, 5.41) is 46.7. The van der Waals surface area contributed by atoms with Crippen molar-refractivity contribution in [3.8, 4) is 17.2 Å². The van der Waals surface area contributed by atoms with Gasteiger partial charge in [-0.15, -0.1) is 0 Å². The highest BCUT2D eigenvalue weighted by Gasteiger charge is 2.55. The first-order valence-electron chi connectivity index (χ1n) is 24.9. The Labute approximate surface area is 436 Å². The number of methoxy groups -OCH3 is 2. The van der Waals surface area contributed by atoms with E-state index in [0.717, 1.165) is 17.1 Å². The number of imide groups is 1. The Morgan fingerprint density at radius 2 is 1.61 bits per heavy atom. The van der Waals surface area contributed by atoms with Crippen molar-refractivity contribution in [1.29, 1.82) is 0 Å². The summed E-state index contributed by atoms with van der Waals surface area (Å²) < 4.78 is 36.0. The number of ketones is 2. The lowest BCUT2D eigenvalue weighted by atomic mass is 9.72. The highest BCUT2D eigenvalue weighted by molar-refractivity contribution is 6.31. The number of rotatable bonds is 18. The second-order valence-electron chi connectivity index (χ2n) is 20.0. The van der Waals surface area contributed by atoms with Crippen molar-refractivity contribution in [3.05, 3.63) is 63.7 Å². The predicted octanol–water partition coefficient (Wildman–Crippen LogP) is -1.20. The maximum absolute atomic E-state index is 14.3. The van der Waals surface area contributed by atoms with Crippen LogP contribution in [0.1, 0.15) is 96.0 Å². The average molecular weight is 1060 g/mol. The van der Waals surface area contributed by atoms with Gasteiger partial charge in [-0.2, -0.15) is 0 Å². The molecule has 9 atom stereocenters. The lowest BCUT2D eigenvalue weighted by Crippen LogP contribution is -2.62. The van der Waals surface area contributed by atoms with Gasteiger partial charge in [0.1, 0.15) is 34.5 Å². The van der Waals surface area contributed by atoms with E-state index in [-0.39, 0.29) is 66.5 Å². The number of fused-ring (bicyclic) bond motifs is 6. The van der Waals surface area contributed by atoms with Gasteiger partial charge in [-0.1, -0.05) is 26.0 Å². The highest BCUT2D eigenvalue weighted by atomic mass is 16.7. The van der Waals surface area contributed by atoms with Crippen molar-refractivity contribution < 1.29 is 86.9 Å². The monoisotopic (exact) mass is 1060 g/mol. The molecule has 7 amide bonds. The van der Waals surface area contributed by atoms with Gasteiger partial charge in [0.25, 0.3) is 17.7 Å². The second kappa shape index (κ2) is 22.0. The van der Waals surface area contributed by atoms with Crippen LogP contribution in [0.3, 0.4) is 0 Å². The Hall–Kier alpha value is -6.87. The number of morpholine rings is 1. The van der Waals surface area contributed by atoms with E-state index in [1.807, 2.05) is 0 Å². The standard InChI is InChI=1S/C51H63N7O18/c1-24(2)50(4,55-33(61)23-54-32(60)22-53-31(59)13-15-58-34(62)11-12-35(58)63)49(69)56(5)16-14-52-48(68)51(70)20-27-38(44(67)40-39(42(27)65)41(64)26-9-8-10-29(71-6)37(26)43(40)66)30(21-51)75-36-19-28-45(25(3)74-36)76-46-47(72-7)73-18-17-57(28)46/h8-12,24-25,28,30,36,45-47,65,67,70H,13-23H2,1-7H3,(H,52,68)(H,53,59)(H,54,60)(H,55,61)/t25-,28-,30-,36-,45+,46+,47-,50-,51-/m0/s1. The number of phenolic OH excluding ortho intramolecular Hbond substituents is 2. The molecule has 0 bridgehead atoms. The van der Waals surface area contributed by atoms with E-state index in [1.165, 1.54) is 51.3 Å². The molecular formula is C51H63N7O18. The zero-order valence-corrected chi connectivity index (χ0v) is 43.1. The maximum atomic E-state index is 14.3. The van der Waals surface area contributed by atoms with Crippen LogP contribution in [0, 0.1) is 5.92 Å². The van der Waals surface area contributed by atoms with Gasteiger partial charge in [0.15, 0.2) is 24.6 Å². The van der Waals surface area contributed by atoms with Gasteiger partial charge >= 0.3 is 0 Å². The largest absolute Gasteiger partial charge is 0.507 e. The molecule has 25 heteroatoms. The molecule has 0 spiro atoms. The van der Waals surface area contributed by atoms with E-state index in [9.17, 15) is 58.5 Å². The number of hydrogen-bond acceptors (Lipinski definition) is 19. The van der Waals surface area contributed by atoms with E-state index >= 15 is 0 Å². The van der Waals surface area contributed by atoms with Crippen molar-refractivity contribution in [2.75, 3.05) is 67.1 Å². The summed E-state index contributed by atoms with van der Waals surface area (Å²) in [6, 6.07) is 4.08. The summed E-state index contributed by atoms with van der Waals surface area (Å²) in [5.74, 6) is -8.23. The van der Waals surface area contributed by atoms with E-state index in [1.54, 1.807) is 20.8 Å². The first-order valence-corrected chi connectivity index (χ1v) is 24.9. The third-order valence-corrected chi connectivity index (χ3v) is 15.0. The lowest BCUT2D eigenvalue weighted by Gasteiger charge is -2.43. The minimum atomic E-state index is -2.40. The van der Waals surface area contributed by atoms with E-state index in [0.29, 0.717) is 13.2 Å². The fraction of sp³-hybridized carbons (Fsp3) is 0.549. The molecule has 8 rings (SSSR count). The molecule has 2 aromatic rings. The number of ether oxygens (including phenoxy) is 6. The third kappa shape index (κ3) is 10.4. The number of phenols is 2. The normalized spacial score (nSPS) is 26.4.